The van der Waals surface area contributed by atoms with Gasteiger partial charge in [0.15, 0.2) is 23.7 Å². The van der Waals surface area contributed by atoms with Gasteiger partial charge in [-0.05, 0) is 0 Å². The van der Waals surface area contributed by atoms with Crippen LogP contribution in [0.15, 0.2) is 22.2 Å². The van der Waals surface area contributed by atoms with E-state index in [-0.39, 0.29) is 34.2 Å². The lowest BCUT2D eigenvalue weighted by Crippen LogP contribution is -2.46. The number of aliphatic hydroxyl groups is 2. The third-order valence-electron chi connectivity index (χ3n) is 8.14. The second-order valence-electron chi connectivity index (χ2n) is 12.0. The molecule has 57 heavy (non-hydrogen) atoms. The molecule has 0 aromatic carbocycles. The van der Waals surface area contributed by atoms with Crippen molar-refractivity contribution in [3.05, 3.63) is 33.4 Å². The molecule has 0 radical (unpaired) electrons. The average Bonchev–Trinajstić information content (AvgIpc) is 3.80. The van der Waals surface area contributed by atoms with Crippen molar-refractivity contribution in [2.45, 2.75) is 49.1 Å². The van der Waals surface area contributed by atoms with Crippen LogP contribution in [-0.2, 0) is 61.7 Å². The van der Waals surface area contributed by atoms with E-state index in [1.807, 2.05) is 0 Å². The summed E-state index contributed by atoms with van der Waals surface area (Å²) in [5, 5.41) is 21.1. The SMILES string of the molecule is CO[C@H]1C(OP(=O)(O)O)[C@@H](COP(=O)([O-])OP(=O)([O-])OP(=O)([O-])OC[C@H]2O[C@@H]([n+]3cn(C)c4c(=O)[nH]c(N)nc43)C(O)[C@H]2O)O[C@H]1n1cnc2c(=O)[nH]c(N)nc21. The van der Waals surface area contributed by atoms with Crippen LogP contribution < -0.4 is 41.8 Å². The zero-order valence-corrected chi connectivity index (χ0v) is 32.1. The highest BCUT2D eigenvalue weighted by Gasteiger charge is 2.51. The number of ether oxygens (including phenoxy) is 3. The Hall–Kier alpha value is -3.38. The standard InChI is InChI=1S/C22H32N10O21P4/c1-30-6-32(16-10(30)18(36)29-22(24)27-16)19-12(34)11(33)7(49-19)3-47-55(40,41)52-57(44,45)53-56(42,43)48-4-8-13(51-54(37,38)39)14(46-2)20(50-8)31-5-25-9-15(31)26-21(23)28-17(9)35/h5-8,11-14,19-20,33-34H,3-4H2,1-2H3,(H10-,23,24,26,27,28,29,35,36,37,38,39,40,41,42,43,44,45)/p-2/t7-,8-,11+,12?,13?,14+,19-,20-/m1/s1. The molecule has 6 rings (SSSR count). The number of aromatic nitrogens is 8. The lowest BCUT2D eigenvalue weighted by atomic mass is 10.1. The molecule has 0 bridgehead atoms. The number of aryl methyl sites for hydroxylation is 1. The largest absolute Gasteiger partial charge is 0.756 e. The van der Waals surface area contributed by atoms with Crippen LogP contribution in [-0.4, -0.2) is 111 Å². The number of nitrogens with two attached hydrogens (primary N) is 2. The fraction of sp³-hybridized carbons (Fsp3) is 0.545. The number of hydrogen-bond donors (Lipinski definition) is 8. The van der Waals surface area contributed by atoms with E-state index in [1.54, 1.807) is 0 Å². The maximum absolute atomic E-state index is 12.6. The Morgan fingerprint density at radius 3 is 2.11 bits per heavy atom. The van der Waals surface area contributed by atoms with Gasteiger partial charge < -0.3 is 69.4 Å². The molecule has 31 nitrogen and oxygen atoms in total. The van der Waals surface area contributed by atoms with E-state index < -0.39 is 105 Å². The Balaban J connectivity index is 1.10. The number of H-pyrrole nitrogens is 2. The van der Waals surface area contributed by atoms with Gasteiger partial charge in [0.2, 0.25) is 17.7 Å². The minimum Gasteiger partial charge on any atom is -0.756 e. The van der Waals surface area contributed by atoms with Crippen molar-refractivity contribution in [3.8, 4) is 0 Å². The Labute approximate surface area is 314 Å². The number of methoxy groups -OCH3 is 1. The summed E-state index contributed by atoms with van der Waals surface area (Å²) in [5.74, 6) is -0.689. The molecule has 2 fully saturated rings. The zero-order chi connectivity index (χ0) is 42.0. The van der Waals surface area contributed by atoms with Gasteiger partial charge in [-0.3, -0.25) is 46.9 Å². The molecule has 6 heterocycles. The zero-order valence-electron chi connectivity index (χ0n) is 28.5. The number of hydrogen-bond acceptors (Lipinski definition) is 24. The molecule has 0 spiro atoms. The van der Waals surface area contributed by atoms with Crippen molar-refractivity contribution < 1.29 is 93.9 Å². The number of phosphoric ester groups is 3. The number of nitrogens with zero attached hydrogens (tertiary/aromatic N) is 6. The van der Waals surface area contributed by atoms with E-state index in [0.29, 0.717) is 0 Å². The number of fused-ring (bicyclic) bond motifs is 2. The number of nitrogens with one attached hydrogen (secondary N) is 2. The third-order valence-corrected chi connectivity index (χ3v) is 12.8. The first-order valence-electron chi connectivity index (χ1n) is 15.5. The molecule has 0 saturated carbocycles. The molecule has 10 N–H and O–H groups in total. The Bertz CT molecular complexity index is 2490. The van der Waals surface area contributed by atoms with Crippen LogP contribution >= 0.6 is 31.3 Å². The molecule has 316 valence electrons. The normalized spacial score (nSPS) is 28.8. The van der Waals surface area contributed by atoms with Crippen LogP contribution in [0.5, 0.6) is 0 Å². The molecule has 2 aliphatic heterocycles. The molecule has 11 atom stereocenters. The molecule has 35 heteroatoms. The smallest absolute Gasteiger partial charge is 0.470 e. The van der Waals surface area contributed by atoms with Crippen molar-refractivity contribution in [1.29, 1.82) is 0 Å². The number of nitrogen functional groups attached to an aromatic ring is 2. The van der Waals surface area contributed by atoms with Crippen molar-refractivity contribution >= 4 is 65.5 Å². The van der Waals surface area contributed by atoms with Crippen LogP contribution in [0, 0.1) is 0 Å². The summed E-state index contributed by atoms with van der Waals surface area (Å²) in [6.45, 7) is -2.56. The highest BCUT2D eigenvalue weighted by molar-refractivity contribution is 7.65. The number of aliphatic hydroxyl groups excluding tert-OH is 2. The number of rotatable bonds is 15. The van der Waals surface area contributed by atoms with Crippen molar-refractivity contribution in [2.24, 2.45) is 7.05 Å². The van der Waals surface area contributed by atoms with Gasteiger partial charge in [-0.1, -0.05) is 4.98 Å². The minimum atomic E-state index is -6.48. The maximum Gasteiger partial charge on any atom is 0.470 e. The van der Waals surface area contributed by atoms with E-state index in [9.17, 15) is 62.5 Å². The molecule has 4 aromatic rings. The van der Waals surface area contributed by atoms with E-state index >= 15 is 0 Å². The predicted octanol–water partition coefficient (Wildman–Crippen LogP) is -5.67. The lowest BCUT2D eigenvalue weighted by Gasteiger charge is -2.35. The molecular formula is C22H30N10O21P4-2. The lowest BCUT2D eigenvalue weighted by molar-refractivity contribution is -0.745. The van der Waals surface area contributed by atoms with E-state index in [2.05, 4.69) is 42.6 Å². The van der Waals surface area contributed by atoms with Crippen LogP contribution in [0.25, 0.3) is 22.3 Å². The summed E-state index contributed by atoms with van der Waals surface area (Å²) < 4.78 is 90.3. The van der Waals surface area contributed by atoms with Gasteiger partial charge >= 0.3 is 13.5 Å². The molecule has 4 aromatic heterocycles. The highest BCUT2D eigenvalue weighted by atomic mass is 31.3. The fourth-order valence-electron chi connectivity index (χ4n) is 5.92. The topological polar surface area (TPSA) is 462 Å². The summed E-state index contributed by atoms with van der Waals surface area (Å²) in [6, 6.07) is 0. The van der Waals surface area contributed by atoms with Gasteiger partial charge in [-0.25, -0.2) is 22.7 Å². The summed E-state index contributed by atoms with van der Waals surface area (Å²) in [5.41, 5.74) is 9.10. The van der Waals surface area contributed by atoms with E-state index in [4.69, 9.17) is 30.2 Å². The Morgan fingerprint density at radius 1 is 0.895 bits per heavy atom. The van der Waals surface area contributed by atoms with E-state index in [1.165, 1.54) is 17.9 Å². The van der Waals surface area contributed by atoms with Crippen LogP contribution in [0.4, 0.5) is 11.9 Å². The minimum absolute atomic E-state index is 0.0310. The molecule has 2 saturated heterocycles. The average molecular weight is 894 g/mol. The summed E-state index contributed by atoms with van der Waals surface area (Å²) in [4.78, 5) is 97.2. The van der Waals surface area contributed by atoms with Crippen molar-refractivity contribution in [3.63, 3.8) is 0 Å². The summed E-state index contributed by atoms with van der Waals surface area (Å²) >= 11 is 0. The van der Waals surface area contributed by atoms with Gasteiger partial charge in [-0.15, -0.1) is 0 Å². The van der Waals surface area contributed by atoms with Crippen LogP contribution in [0.1, 0.15) is 12.5 Å². The molecule has 2 aliphatic rings. The van der Waals surface area contributed by atoms with Crippen LogP contribution in [0.3, 0.4) is 0 Å². The first kappa shape index (κ1) is 43.2. The van der Waals surface area contributed by atoms with Gasteiger partial charge in [0, 0.05) is 7.11 Å². The number of phosphoric acid groups is 4. The first-order chi connectivity index (χ1) is 26.4. The third kappa shape index (κ3) is 9.27. The second kappa shape index (κ2) is 15.7. The summed E-state index contributed by atoms with van der Waals surface area (Å²) in [7, 11) is -21.7. The predicted molar refractivity (Wildman–Crippen MR) is 173 cm³/mol. The maximum atomic E-state index is 12.6. The Morgan fingerprint density at radius 2 is 1.49 bits per heavy atom. The number of aromatic amines is 2. The monoisotopic (exact) mass is 894 g/mol. The number of anilines is 2. The van der Waals surface area contributed by atoms with Crippen molar-refractivity contribution in [1.82, 2.24) is 34.1 Å². The van der Waals surface area contributed by atoms with Gasteiger partial charge in [-0.2, -0.15) is 4.98 Å². The first-order valence-corrected chi connectivity index (χ1v) is 21.4. The summed E-state index contributed by atoms with van der Waals surface area (Å²) in [6.07, 6.45) is -11.6. The molecule has 5 unspecified atom stereocenters. The second-order valence-corrected chi connectivity index (χ2v) is 17.7. The molecule has 0 amide bonds. The van der Waals surface area contributed by atoms with Crippen molar-refractivity contribution in [2.75, 3.05) is 31.8 Å². The quantitative estimate of drug-likeness (QED) is 0.0407. The van der Waals surface area contributed by atoms with Gasteiger partial charge in [0.1, 0.15) is 36.6 Å². The van der Waals surface area contributed by atoms with Gasteiger partial charge in [0.25, 0.3) is 40.5 Å². The Kier molecular flexibility index (Phi) is 11.9. The molecule has 0 aliphatic carbocycles. The van der Waals surface area contributed by atoms with Gasteiger partial charge in [0.05, 0.1) is 26.6 Å². The van der Waals surface area contributed by atoms with E-state index in [0.717, 1.165) is 22.6 Å². The molecular weight excluding hydrogens is 864 g/mol. The fourth-order valence-corrected chi connectivity index (χ4v) is 9.88. The highest BCUT2D eigenvalue weighted by Crippen LogP contribution is 2.63. The van der Waals surface area contributed by atoms with Crippen LogP contribution in [0.2, 0.25) is 0 Å². The number of imidazole rings is 2.